The zero-order valence-corrected chi connectivity index (χ0v) is 8.78. The van der Waals surface area contributed by atoms with Gasteiger partial charge in [-0.25, -0.2) is 4.39 Å². The highest BCUT2D eigenvalue weighted by atomic mass is 19.1. The highest BCUT2D eigenvalue weighted by molar-refractivity contribution is 5.20. The normalized spacial score (nSPS) is 33.7. The Morgan fingerprint density at radius 3 is 3.38 bits per heavy atom. The third-order valence-corrected chi connectivity index (χ3v) is 3.27. The van der Waals surface area contributed by atoms with Gasteiger partial charge in [0.25, 0.3) is 0 Å². The van der Waals surface area contributed by atoms with Gasteiger partial charge in [0.05, 0.1) is 0 Å². The summed E-state index contributed by atoms with van der Waals surface area (Å²) < 4.78 is 24.9. The number of hydrogen-bond acceptors (Lipinski definition) is 4. The second-order valence-corrected chi connectivity index (χ2v) is 4.09. The van der Waals surface area contributed by atoms with Crippen LogP contribution in [0.3, 0.4) is 0 Å². The number of aromatic nitrogens is 1. The molecule has 0 spiro atoms. The van der Waals surface area contributed by atoms with Gasteiger partial charge in [0.2, 0.25) is 0 Å². The van der Waals surface area contributed by atoms with Crippen LogP contribution >= 0.6 is 0 Å². The Balaban J connectivity index is 2.05. The number of nitrogens with one attached hydrogen (secondary N) is 1. The molecule has 0 aliphatic carbocycles. The van der Waals surface area contributed by atoms with Gasteiger partial charge in [-0.2, -0.15) is 0 Å². The molecule has 2 aliphatic heterocycles. The molecule has 2 fully saturated rings. The molecule has 1 aromatic heterocycles. The fourth-order valence-corrected chi connectivity index (χ4v) is 2.45. The van der Waals surface area contributed by atoms with Gasteiger partial charge >= 0.3 is 0 Å². The zero-order chi connectivity index (χ0) is 11.0. The Kier molecular flexibility index (Phi) is 2.38. The fraction of sp³-hybridized carbons (Fsp3) is 0.545. The minimum absolute atomic E-state index is 0.148. The van der Waals surface area contributed by atoms with Crippen LogP contribution in [0, 0.1) is 5.82 Å². The van der Waals surface area contributed by atoms with E-state index in [9.17, 15) is 4.39 Å². The van der Waals surface area contributed by atoms with Crippen molar-refractivity contribution in [2.45, 2.75) is 18.1 Å². The van der Waals surface area contributed by atoms with Gasteiger partial charge in [-0.3, -0.25) is 4.98 Å². The highest BCUT2D eigenvalue weighted by Crippen LogP contribution is 2.40. The van der Waals surface area contributed by atoms with Crippen LogP contribution < -0.4 is 5.32 Å². The van der Waals surface area contributed by atoms with Crippen LogP contribution in [0.4, 0.5) is 4.39 Å². The average Bonchev–Trinajstić information content (AvgIpc) is 2.74. The van der Waals surface area contributed by atoms with Crippen molar-refractivity contribution in [3.63, 3.8) is 0 Å². The maximum atomic E-state index is 13.8. The van der Waals surface area contributed by atoms with Crippen LogP contribution in [-0.2, 0) is 15.1 Å². The van der Waals surface area contributed by atoms with Crippen molar-refractivity contribution >= 4 is 0 Å². The Morgan fingerprint density at radius 2 is 2.50 bits per heavy atom. The van der Waals surface area contributed by atoms with E-state index in [0.29, 0.717) is 18.7 Å². The minimum atomic E-state index is -0.698. The number of hydrogen-bond donors (Lipinski definition) is 1. The van der Waals surface area contributed by atoms with E-state index < -0.39 is 5.60 Å². The van der Waals surface area contributed by atoms with Gasteiger partial charge in [-0.15, -0.1) is 0 Å². The molecule has 0 radical (unpaired) electrons. The molecule has 16 heavy (non-hydrogen) atoms. The molecule has 0 saturated carbocycles. The molecule has 0 aromatic carbocycles. The second-order valence-electron chi connectivity index (χ2n) is 4.09. The van der Waals surface area contributed by atoms with Crippen molar-refractivity contribution in [3.05, 3.63) is 29.8 Å². The van der Waals surface area contributed by atoms with Crippen molar-refractivity contribution < 1.29 is 13.9 Å². The summed E-state index contributed by atoms with van der Waals surface area (Å²) in [5, 5.41) is 3.21. The lowest BCUT2D eigenvalue weighted by atomic mass is 9.86. The van der Waals surface area contributed by atoms with E-state index in [0.717, 1.165) is 6.54 Å². The number of ether oxygens (including phenoxy) is 2. The quantitative estimate of drug-likeness (QED) is 0.765. The topological polar surface area (TPSA) is 43.4 Å². The van der Waals surface area contributed by atoms with Crippen LogP contribution in [0.25, 0.3) is 0 Å². The number of pyridine rings is 1. The molecule has 1 N–H and O–H groups in total. The van der Waals surface area contributed by atoms with Gasteiger partial charge in [-0.1, -0.05) is 0 Å². The van der Waals surface area contributed by atoms with E-state index in [-0.39, 0.29) is 18.7 Å². The van der Waals surface area contributed by atoms with Crippen LogP contribution in [0.15, 0.2) is 18.3 Å². The monoisotopic (exact) mass is 224 g/mol. The fourth-order valence-electron chi connectivity index (χ4n) is 2.45. The smallest absolute Gasteiger partial charge is 0.148 e. The molecule has 2 saturated heterocycles. The van der Waals surface area contributed by atoms with Gasteiger partial charge in [0, 0.05) is 12.7 Å². The average molecular weight is 224 g/mol. The number of fused-ring (bicyclic) bond motifs is 1. The lowest BCUT2D eigenvalue weighted by Gasteiger charge is -2.36. The molecule has 1 aromatic rings. The second kappa shape index (κ2) is 3.76. The van der Waals surface area contributed by atoms with Crippen LogP contribution in [0.5, 0.6) is 0 Å². The summed E-state index contributed by atoms with van der Waals surface area (Å²) >= 11 is 0. The third-order valence-electron chi connectivity index (χ3n) is 3.27. The van der Waals surface area contributed by atoms with E-state index >= 15 is 0 Å². The molecule has 0 unspecified atom stereocenters. The lowest BCUT2D eigenvalue weighted by Crippen LogP contribution is -2.51. The van der Waals surface area contributed by atoms with Crippen molar-refractivity contribution in [1.29, 1.82) is 0 Å². The van der Waals surface area contributed by atoms with Gasteiger partial charge in [0.15, 0.2) is 0 Å². The molecule has 4 nitrogen and oxygen atoms in total. The van der Waals surface area contributed by atoms with Crippen molar-refractivity contribution in [2.75, 3.05) is 19.9 Å². The maximum Gasteiger partial charge on any atom is 0.148 e. The number of rotatable bonds is 1. The van der Waals surface area contributed by atoms with Crippen molar-refractivity contribution in [3.8, 4) is 0 Å². The van der Waals surface area contributed by atoms with Gasteiger partial charge in [0.1, 0.15) is 30.0 Å². The van der Waals surface area contributed by atoms with E-state index in [2.05, 4.69) is 10.3 Å². The molecule has 3 heterocycles. The first-order chi connectivity index (χ1) is 7.83. The van der Waals surface area contributed by atoms with Crippen LogP contribution in [-0.4, -0.2) is 31.0 Å². The van der Waals surface area contributed by atoms with Crippen molar-refractivity contribution in [2.24, 2.45) is 0 Å². The third kappa shape index (κ3) is 1.36. The first-order valence-electron chi connectivity index (χ1n) is 5.40. The minimum Gasteiger partial charge on any atom is -0.347 e. The summed E-state index contributed by atoms with van der Waals surface area (Å²) in [7, 11) is 0. The SMILES string of the molecule is Fc1cccnc1[C@]12CCNC[C@H]1OCO2. The molecular weight excluding hydrogens is 211 g/mol. The highest BCUT2D eigenvalue weighted by Gasteiger charge is 2.51. The Morgan fingerprint density at radius 1 is 1.56 bits per heavy atom. The van der Waals surface area contributed by atoms with Crippen LogP contribution in [0.2, 0.25) is 0 Å². The van der Waals surface area contributed by atoms with E-state index in [1.165, 1.54) is 6.07 Å². The Labute approximate surface area is 92.8 Å². The molecular formula is C11H13FN2O2. The van der Waals surface area contributed by atoms with E-state index in [1.807, 2.05) is 0 Å². The summed E-state index contributed by atoms with van der Waals surface area (Å²) in [5.41, 5.74) is -0.324. The standard InChI is InChI=1S/C11H13FN2O2/c12-8-2-1-4-14-10(8)11-3-5-13-6-9(11)15-7-16-11/h1-2,4,9,13H,3,5-7H2/t9-,11+/m1/s1. The first kappa shape index (κ1) is 10.1. The number of nitrogens with zero attached hydrogens (tertiary/aromatic N) is 1. The zero-order valence-electron chi connectivity index (χ0n) is 8.78. The van der Waals surface area contributed by atoms with E-state index in [4.69, 9.17) is 9.47 Å². The van der Waals surface area contributed by atoms with E-state index in [1.54, 1.807) is 12.3 Å². The summed E-state index contributed by atoms with van der Waals surface area (Å²) in [6.07, 6.45) is 2.13. The van der Waals surface area contributed by atoms with Crippen LogP contribution in [0.1, 0.15) is 12.1 Å². The molecule has 3 rings (SSSR count). The molecule has 0 amide bonds. The largest absolute Gasteiger partial charge is 0.347 e. The van der Waals surface area contributed by atoms with Crippen molar-refractivity contribution in [1.82, 2.24) is 10.3 Å². The maximum absolute atomic E-state index is 13.8. The molecule has 2 aliphatic rings. The van der Waals surface area contributed by atoms with Gasteiger partial charge < -0.3 is 14.8 Å². The summed E-state index contributed by atoms with van der Waals surface area (Å²) in [5.74, 6) is -0.320. The summed E-state index contributed by atoms with van der Waals surface area (Å²) in [6, 6.07) is 3.00. The molecule has 5 heteroatoms. The van der Waals surface area contributed by atoms with Gasteiger partial charge in [-0.05, 0) is 25.1 Å². The predicted octanol–water partition coefficient (Wildman–Crippen LogP) is 0.782. The first-order valence-corrected chi connectivity index (χ1v) is 5.40. The molecule has 0 bridgehead atoms. The number of halogens is 1. The number of piperidine rings is 1. The predicted molar refractivity (Wildman–Crippen MR) is 54.2 cm³/mol. The molecule has 86 valence electrons. The summed E-state index contributed by atoms with van der Waals surface area (Å²) in [4.78, 5) is 4.13. The Bertz CT molecular complexity index is 401. The summed E-state index contributed by atoms with van der Waals surface area (Å²) in [6.45, 7) is 1.67. The lowest BCUT2D eigenvalue weighted by molar-refractivity contribution is -0.0326. The molecule has 2 atom stereocenters. The Hall–Kier alpha value is -1.04.